The molecular weight excluding hydrogens is 280 g/mol. The van der Waals surface area contributed by atoms with Crippen LogP contribution in [0.4, 0.5) is 5.69 Å². The number of hydrogen-bond donors (Lipinski definition) is 1. The molecule has 4 nitrogen and oxygen atoms in total. The Kier molecular flexibility index (Phi) is 3.63. The van der Waals surface area contributed by atoms with E-state index in [1.165, 1.54) is 16.9 Å². The number of nitrogens with one attached hydrogen (secondary N) is 1. The Morgan fingerprint density at radius 2 is 1.95 bits per heavy atom. The minimum absolute atomic E-state index is 0.289. The molecule has 3 rings (SSSR count). The molecule has 2 aromatic carbocycles. The van der Waals surface area contributed by atoms with Gasteiger partial charge < -0.3 is 0 Å². The molecule has 0 amide bonds. The van der Waals surface area contributed by atoms with Crippen LogP contribution in [0.3, 0.4) is 0 Å². The summed E-state index contributed by atoms with van der Waals surface area (Å²) in [5, 5.41) is 14.1. The van der Waals surface area contributed by atoms with Gasteiger partial charge in [0.05, 0.1) is 15.9 Å². The second-order valence-electron chi connectivity index (χ2n) is 4.54. The van der Waals surface area contributed by atoms with E-state index in [-0.39, 0.29) is 5.71 Å². The predicted molar refractivity (Wildman–Crippen MR) is 86.6 cm³/mol. The predicted octanol–water partition coefficient (Wildman–Crippen LogP) is 3.94. The smallest absolute Gasteiger partial charge is 0.196 e. The van der Waals surface area contributed by atoms with E-state index in [9.17, 15) is 5.26 Å². The summed E-state index contributed by atoms with van der Waals surface area (Å²) in [6.07, 6.45) is 0. The second kappa shape index (κ2) is 5.73. The molecule has 5 heteroatoms. The molecule has 1 heterocycles. The first-order valence-corrected chi connectivity index (χ1v) is 7.24. The molecule has 0 saturated heterocycles. The van der Waals surface area contributed by atoms with Crippen molar-refractivity contribution in [2.45, 2.75) is 6.92 Å². The van der Waals surface area contributed by atoms with E-state index in [0.29, 0.717) is 5.01 Å². The van der Waals surface area contributed by atoms with Gasteiger partial charge in [-0.05, 0) is 31.2 Å². The number of aromatic nitrogens is 1. The Morgan fingerprint density at radius 3 is 2.67 bits per heavy atom. The molecule has 0 aliphatic carbocycles. The van der Waals surface area contributed by atoms with Gasteiger partial charge in [0.25, 0.3) is 0 Å². The maximum Gasteiger partial charge on any atom is 0.196 e. The van der Waals surface area contributed by atoms with Crippen LogP contribution in [0.25, 0.3) is 10.2 Å². The number of nitriles is 1. The Hall–Kier alpha value is -2.71. The first-order valence-electron chi connectivity index (χ1n) is 6.42. The maximum atomic E-state index is 9.27. The molecule has 0 spiro atoms. The molecule has 1 aromatic heterocycles. The van der Waals surface area contributed by atoms with Crippen molar-refractivity contribution in [3.05, 3.63) is 59.1 Å². The number of anilines is 1. The van der Waals surface area contributed by atoms with Crippen molar-refractivity contribution in [2.75, 3.05) is 5.43 Å². The highest BCUT2D eigenvalue weighted by Gasteiger charge is 2.09. The normalized spacial score (nSPS) is 11.3. The summed E-state index contributed by atoms with van der Waals surface area (Å²) in [4.78, 5) is 4.44. The van der Waals surface area contributed by atoms with Crippen LogP contribution >= 0.6 is 11.3 Å². The number of aryl methyl sites for hydroxylation is 1. The Labute approximate surface area is 126 Å². The minimum atomic E-state index is 0.289. The highest BCUT2D eigenvalue weighted by atomic mass is 32.1. The van der Waals surface area contributed by atoms with Crippen LogP contribution in [0.15, 0.2) is 53.6 Å². The van der Waals surface area contributed by atoms with E-state index in [1.807, 2.05) is 55.5 Å². The summed E-state index contributed by atoms with van der Waals surface area (Å²) in [6.45, 7) is 2.02. The Bertz CT molecular complexity index is 808. The van der Waals surface area contributed by atoms with Crippen LogP contribution in [0, 0.1) is 18.3 Å². The molecule has 0 saturated carbocycles. The number of rotatable bonds is 3. The van der Waals surface area contributed by atoms with Gasteiger partial charge in [0.1, 0.15) is 6.07 Å². The molecule has 102 valence electrons. The zero-order valence-corrected chi connectivity index (χ0v) is 12.2. The molecule has 0 aliphatic rings. The summed E-state index contributed by atoms with van der Waals surface area (Å²) in [6, 6.07) is 17.7. The number of thiazole rings is 1. The zero-order valence-electron chi connectivity index (χ0n) is 11.4. The second-order valence-corrected chi connectivity index (χ2v) is 5.57. The third-order valence-electron chi connectivity index (χ3n) is 2.95. The highest BCUT2D eigenvalue weighted by Crippen LogP contribution is 2.22. The number of hydrogen-bond acceptors (Lipinski definition) is 5. The van der Waals surface area contributed by atoms with Crippen LogP contribution < -0.4 is 5.43 Å². The van der Waals surface area contributed by atoms with Gasteiger partial charge >= 0.3 is 0 Å². The monoisotopic (exact) mass is 292 g/mol. The van der Waals surface area contributed by atoms with Gasteiger partial charge in [-0.15, -0.1) is 11.3 Å². The quantitative estimate of drug-likeness (QED) is 0.587. The topological polar surface area (TPSA) is 61.1 Å². The van der Waals surface area contributed by atoms with Crippen molar-refractivity contribution in [2.24, 2.45) is 5.10 Å². The molecule has 3 aromatic rings. The number of hydrazone groups is 1. The maximum absolute atomic E-state index is 9.27. The van der Waals surface area contributed by atoms with Crippen LogP contribution in [0.2, 0.25) is 0 Å². The lowest BCUT2D eigenvalue weighted by Crippen LogP contribution is -2.01. The van der Waals surface area contributed by atoms with Crippen LogP contribution in [0.5, 0.6) is 0 Å². The van der Waals surface area contributed by atoms with E-state index in [1.54, 1.807) is 0 Å². The first kappa shape index (κ1) is 13.3. The van der Waals surface area contributed by atoms with Crippen molar-refractivity contribution in [1.29, 1.82) is 5.26 Å². The van der Waals surface area contributed by atoms with E-state index < -0.39 is 0 Å². The van der Waals surface area contributed by atoms with Crippen molar-refractivity contribution in [3.8, 4) is 6.07 Å². The third kappa shape index (κ3) is 2.91. The van der Waals surface area contributed by atoms with E-state index in [4.69, 9.17) is 0 Å². The van der Waals surface area contributed by atoms with Gasteiger partial charge in [0.15, 0.2) is 10.7 Å². The summed E-state index contributed by atoms with van der Waals surface area (Å²) in [7, 11) is 0. The minimum Gasteiger partial charge on any atom is -0.277 e. The standard InChI is InChI=1S/C16H12N4S/c1-11-6-8-12(9-7-11)19-20-14(10-17)16-18-13-4-2-3-5-15(13)21-16/h2-9,19H,1H3. The number of fused-ring (bicyclic) bond motifs is 1. The summed E-state index contributed by atoms with van der Waals surface area (Å²) >= 11 is 1.46. The SMILES string of the molecule is Cc1ccc(NN=C(C#N)c2nc3ccccc3s2)cc1. The van der Waals surface area contributed by atoms with Crippen LogP contribution in [-0.2, 0) is 0 Å². The van der Waals surface area contributed by atoms with E-state index >= 15 is 0 Å². The molecule has 0 unspecified atom stereocenters. The van der Waals surface area contributed by atoms with Crippen molar-refractivity contribution >= 4 is 33.0 Å². The molecule has 0 atom stereocenters. The lowest BCUT2D eigenvalue weighted by atomic mass is 10.2. The van der Waals surface area contributed by atoms with Crippen molar-refractivity contribution in [3.63, 3.8) is 0 Å². The fraction of sp³-hybridized carbons (Fsp3) is 0.0625. The molecule has 0 fully saturated rings. The third-order valence-corrected chi connectivity index (χ3v) is 3.99. The Balaban J connectivity index is 1.89. The van der Waals surface area contributed by atoms with E-state index in [2.05, 4.69) is 21.6 Å². The fourth-order valence-corrected chi connectivity index (χ4v) is 2.75. The van der Waals surface area contributed by atoms with Gasteiger partial charge in [-0.3, -0.25) is 5.43 Å². The van der Waals surface area contributed by atoms with Crippen LogP contribution in [-0.4, -0.2) is 10.7 Å². The largest absolute Gasteiger partial charge is 0.277 e. The highest BCUT2D eigenvalue weighted by molar-refractivity contribution is 7.20. The van der Waals surface area contributed by atoms with Crippen molar-refractivity contribution < 1.29 is 0 Å². The Morgan fingerprint density at radius 1 is 1.19 bits per heavy atom. The van der Waals surface area contributed by atoms with Gasteiger partial charge in [-0.25, -0.2) is 4.98 Å². The zero-order chi connectivity index (χ0) is 14.7. The molecule has 0 aliphatic heterocycles. The molecular formula is C16H12N4S. The average Bonchev–Trinajstić information content (AvgIpc) is 2.93. The number of benzene rings is 2. The average molecular weight is 292 g/mol. The lowest BCUT2D eigenvalue weighted by molar-refractivity contribution is 1.31. The van der Waals surface area contributed by atoms with Gasteiger partial charge in [0, 0.05) is 0 Å². The summed E-state index contributed by atoms with van der Waals surface area (Å²) in [5.41, 5.74) is 6.09. The molecule has 21 heavy (non-hydrogen) atoms. The number of nitrogens with zero attached hydrogens (tertiary/aromatic N) is 3. The van der Waals surface area contributed by atoms with Gasteiger partial charge in [0.2, 0.25) is 0 Å². The van der Waals surface area contributed by atoms with E-state index in [0.717, 1.165) is 15.9 Å². The summed E-state index contributed by atoms with van der Waals surface area (Å²) < 4.78 is 1.05. The lowest BCUT2D eigenvalue weighted by Gasteiger charge is -2.00. The van der Waals surface area contributed by atoms with Gasteiger partial charge in [-0.2, -0.15) is 10.4 Å². The molecule has 0 radical (unpaired) electrons. The molecule has 0 bridgehead atoms. The van der Waals surface area contributed by atoms with Crippen molar-refractivity contribution in [1.82, 2.24) is 4.98 Å². The fourth-order valence-electron chi connectivity index (χ4n) is 1.84. The number of para-hydroxylation sites is 1. The summed E-state index contributed by atoms with van der Waals surface area (Å²) in [5.74, 6) is 0. The van der Waals surface area contributed by atoms with Crippen LogP contribution in [0.1, 0.15) is 10.6 Å². The van der Waals surface area contributed by atoms with Gasteiger partial charge in [-0.1, -0.05) is 29.8 Å². The first-order chi connectivity index (χ1) is 10.3. The molecule has 1 N–H and O–H groups in total.